The SMILES string of the molecule is CCCCCCCC(OS(=O)(=O)c1ccccc1)C1=CC1.CCCCCCCC(OS(=O)(=O)c1ccccc1)C1=CC1. The fourth-order valence-electron chi connectivity index (χ4n) is 4.69. The molecule has 2 aliphatic carbocycles. The van der Waals surface area contributed by atoms with Gasteiger partial charge in [-0.2, -0.15) is 16.8 Å². The third kappa shape index (κ3) is 12.5. The molecule has 2 aliphatic rings. The summed E-state index contributed by atoms with van der Waals surface area (Å²) in [6.45, 7) is 4.38. The molecule has 6 nitrogen and oxygen atoms in total. The van der Waals surface area contributed by atoms with E-state index in [1.807, 2.05) is 0 Å². The smallest absolute Gasteiger partial charge is 0.259 e. The number of hydrogen-bond donors (Lipinski definition) is 0. The summed E-state index contributed by atoms with van der Waals surface area (Å²) in [5.41, 5.74) is 2.26. The molecule has 0 spiro atoms. The summed E-state index contributed by atoms with van der Waals surface area (Å²) in [5.74, 6) is 0. The summed E-state index contributed by atoms with van der Waals surface area (Å²) in [5, 5.41) is 0. The van der Waals surface area contributed by atoms with E-state index in [1.165, 1.54) is 38.5 Å². The summed E-state index contributed by atoms with van der Waals surface area (Å²) < 4.78 is 60.0. The van der Waals surface area contributed by atoms with Crippen LogP contribution < -0.4 is 0 Å². The van der Waals surface area contributed by atoms with Gasteiger partial charge in [-0.1, -0.05) is 127 Å². The van der Waals surface area contributed by atoms with Crippen LogP contribution in [-0.4, -0.2) is 29.0 Å². The highest BCUT2D eigenvalue weighted by Crippen LogP contribution is 2.32. The average molecular weight is 617 g/mol. The normalized spacial score (nSPS) is 15.6. The average Bonchev–Trinajstić information content (AvgIpc) is 3.91. The zero-order valence-electron chi connectivity index (χ0n) is 25.2. The van der Waals surface area contributed by atoms with Crippen molar-refractivity contribution in [2.24, 2.45) is 0 Å². The van der Waals surface area contributed by atoms with Crippen LogP contribution in [0.2, 0.25) is 0 Å². The molecular weight excluding hydrogens is 569 g/mol. The van der Waals surface area contributed by atoms with Gasteiger partial charge in [0.2, 0.25) is 0 Å². The molecule has 0 saturated carbocycles. The molecule has 4 rings (SSSR count). The molecule has 2 aromatic carbocycles. The van der Waals surface area contributed by atoms with Crippen LogP contribution in [-0.2, 0) is 28.6 Å². The first-order valence-electron chi connectivity index (χ1n) is 15.6. The number of allylic oxidation sites excluding steroid dienone is 2. The molecule has 0 bridgehead atoms. The molecule has 42 heavy (non-hydrogen) atoms. The Morgan fingerprint density at radius 2 is 0.881 bits per heavy atom. The minimum Gasteiger partial charge on any atom is -0.259 e. The summed E-state index contributed by atoms with van der Waals surface area (Å²) in [6, 6.07) is 16.8. The number of rotatable bonds is 20. The molecule has 0 radical (unpaired) electrons. The largest absolute Gasteiger partial charge is 0.297 e. The van der Waals surface area contributed by atoms with E-state index in [9.17, 15) is 16.8 Å². The highest BCUT2D eigenvalue weighted by molar-refractivity contribution is 7.87. The van der Waals surface area contributed by atoms with E-state index >= 15 is 0 Å². The minimum atomic E-state index is -3.65. The Bertz CT molecular complexity index is 1230. The first kappa shape index (κ1) is 34.2. The monoisotopic (exact) mass is 616 g/mol. The number of unbranched alkanes of at least 4 members (excludes halogenated alkanes) is 8. The van der Waals surface area contributed by atoms with Crippen molar-refractivity contribution in [3.8, 4) is 0 Å². The van der Waals surface area contributed by atoms with Gasteiger partial charge in [-0.15, -0.1) is 0 Å². The maximum absolute atomic E-state index is 12.3. The van der Waals surface area contributed by atoms with E-state index in [0.29, 0.717) is 0 Å². The second kappa shape index (κ2) is 17.8. The van der Waals surface area contributed by atoms with E-state index in [2.05, 4.69) is 26.0 Å². The molecule has 2 atom stereocenters. The Morgan fingerprint density at radius 1 is 0.548 bits per heavy atom. The van der Waals surface area contributed by atoms with E-state index in [1.54, 1.807) is 60.7 Å². The first-order chi connectivity index (χ1) is 20.3. The van der Waals surface area contributed by atoms with Crippen molar-refractivity contribution in [1.29, 1.82) is 0 Å². The van der Waals surface area contributed by atoms with E-state index in [4.69, 9.17) is 8.37 Å². The molecule has 8 heteroatoms. The standard InChI is InChI=1S/2C17H24O3S/c2*1-2-3-4-5-9-12-17(15-13-14-15)20-21(18,19)16-10-7-6-8-11-16/h2*6-8,10-11,13,17H,2-5,9,12,14H2,1H3. The van der Waals surface area contributed by atoms with Crippen LogP contribution in [0.4, 0.5) is 0 Å². The van der Waals surface area contributed by atoms with Crippen LogP contribution in [0.15, 0.2) is 93.8 Å². The van der Waals surface area contributed by atoms with Gasteiger partial charge in [0.15, 0.2) is 0 Å². The van der Waals surface area contributed by atoms with Crippen LogP contribution in [0.3, 0.4) is 0 Å². The Labute approximate surface area is 254 Å². The highest BCUT2D eigenvalue weighted by Gasteiger charge is 2.28. The fraction of sp³-hybridized carbons (Fsp3) is 0.529. The quantitative estimate of drug-likeness (QED) is 0.0839. The molecule has 0 saturated heterocycles. The van der Waals surface area contributed by atoms with Crippen LogP contribution >= 0.6 is 0 Å². The van der Waals surface area contributed by atoms with Crippen molar-refractivity contribution in [2.75, 3.05) is 0 Å². The molecule has 0 aromatic heterocycles. The van der Waals surface area contributed by atoms with Gasteiger partial charge in [-0.25, -0.2) is 0 Å². The Morgan fingerprint density at radius 3 is 1.19 bits per heavy atom. The van der Waals surface area contributed by atoms with Gasteiger partial charge in [-0.3, -0.25) is 8.37 Å². The lowest BCUT2D eigenvalue weighted by Crippen LogP contribution is -2.18. The van der Waals surface area contributed by atoms with Gasteiger partial charge in [0.1, 0.15) is 0 Å². The molecule has 0 heterocycles. The molecule has 2 aromatic rings. The predicted molar refractivity (Wildman–Crippen MR) is 169 cm³/mol. The van der Waals surface area contributed by atoms with Gasteiger partial charge in [0.25, 0.3) is 20.2 Å². The Kier molecular flexibility index (Phi) is 14.5. The van der Waals surface area contributed by atoms with E-state index in [0.717, 1.165) is 62.5 Å². The lowest BCUT2D eigenvalue weighted by Gasteiger charge is -2.15. The van der Waals surface area contributed by atoms with Gasteiger partial charge in [-0.05, 0) is 61.1 Å². The van der Waals surface area contributed by atoms with Crippen LogP contribution in [0.5, 0.6) is 0 Å². The van der Waals surface area contributed by atoms with Crippen molar-refractivity contribution in [3.05, 3.63) is 84.0 Å². The van der Waals surface area contributed by atoms with Gasteiger partial charge in [0, 0.05) is 0 Å². The maximum atomic E-state index is 12.3. The summed E-state index contributed by atoms with van der Waals surface area (Å²) in [4.78, 5) is 0.476. The maximum Gasteiger partial charge on any atom is 0.297 e. The van der Waals surface area contributed by atoms with E-state index < -0.39 is 20.2 Å². The van der Waals surface area contributed by atoms with Crippen molar-refractivity contribution < 1.29 is 25.2 Å². The van der Waals surface area contributed by atoms with Gasteiger partial charge in [0.05, 0.1) is 22.0 Å². The van der Waals surface area contributed by atoms with Crippen molar-refractivity contribution in [1.82, 2.24) is 0 Å². The minimum absolute atomic E-state index is 0.238. The second-order valence-corrected chi connectivity index (χ2v) is 14.2. The van der Waals surface area contributed by atoms with E-state index in [-0.39, 0.29) is 22.0 Å². The Balaban J connectivity index is 0.000000230. The topological polar surface area (TPSA) is 86.7 Å². The molecule has 2 unspecified atom stereocenters. The third-order valence-electron chi connectivity index (χ3n) is 7.40. The summed E-state index contributed by atoms with van der Waals surface area (Å²) in [6.07, 6.45) is 18.6. The highest BCUT2D eigenvalue weighted by atomic mass is 32.2. The molecular formula is C34H48O6S2. The van der Waals surface area contributed by atoms with Crippen LogP contribution in [0.1, 0.15) is 104 Å². The van der Waals surface area contributed by atoms with Gasteiger partial charge < -0.3 is 0 Å². The number of benzene rings is 2. The summed E-state index contributed by atoms with van der Waals surface area (Å²) >= 11 is 0. The van der Waals surface area contributed by atoms with Crippen LogP contribution in [0, 0.1) is 0 Å². The second-order valence-electron chi connectivity index (χ2n) is 11.1. The fourth-order valence-corrected chi connectivity index (χ4v) is 6.95. The zero-order valence-corrected chi connectivity index (χ0v) is 26.9. The first-order valence-corrected chi connectivity index (χ1v) is 18.4. The molecule has 232 valence electrons. The molecule has 0 aliphatic heterocycles. The van der Waals surface area contributed by atoms with Crippen molar-refractivity contribution in [3.63, 3.8) is 0 Å². The third-order valence-corrected chi connectivity index (χ3v) is 10.1. The zero-order chi connectivity index (χ0) is 30.3. The number of hydrogen-bond acceptors (Lipinski definition) is 6. The van der Waals surface area contributed by atoms with Crippen LogP contribution in [0.25, 0.3) is 0 Å². The summed E-state index contributed by atoms with van der Waals surface area (Å²) in [7, 11) is -7.31. The van der Waals surface area contributed by atoms with Gasteiger partial charge >= 0.3 is 0 Å². The molecule has 0 N–H and O–H groups in total. The Hall–Kier alpha value is -2.26. The molecule has 0 fully saturated rings. The lowest BCUT2D eigenvalue weighted by atomic mass is 10.1. The predicted octanol–water partition coefficient (Wildman–Crippen LogP) is 8.90. The van der Waals surface area contributed by atoms with Crippen molar-refractivity contribution >= 4 is 20.2 Å². The lowest BCUT2D eigenvalue weighted by molar-refractivity contribution is 0.231. The molecule has 0 amide bonds. The van der Waals surface area contributed by atoms with Crippen molar-refractivity contribution in [2.45, 2.75) is 126 Å².